The second-order valence-electron chi connectivity index (χ2n) is 6.50. The van der Waals surface area contributed by atoms with Crippen LogP contribution in [0.4, 0.5) is 0 Å². The average Bonchev–Trinajstić information content (AvgIpc) is 3.04. The van der Waals surface area contributed by atoms with Crippen molar-refractivity contribution in [2.45, 2.75) is 19.8 Å². The fourth-order valence-electron chi connectivity index (χ4n) is 3.19. The van der Waals surface area contributed by atoms with Gasteiger partial charge in [-0.3, -0.25) is 0 Å². The average molecular weight is 364 g/mol. The number of benzene rings is 3. The van der Waals surface area contributed by atoms with Crippen molar-refractivity contribution in [1.29, 1.82) is 0 Å². The number of fused-ring (bicyclic) bond motifs is 1. The first kappa shape index (κ1) is 16.6. The Hall–Kier alpha value is -2.85. The molecule has 0 aliphatic heterocycles. The van der Waals surface area contributed by atoms with Crippen LogP contribution < -0.4 is 0 Å². The van der Waals surface area contributed by atoms with E-state index in [1.807, 2.05) is 49.4 Å². The van der Waals surface area contributed by atoms with Crippen LogP contribution in [0.3, 0.4) is 0 Å². The van der Waals surface area contributed by atoms with Crippen molar-refractivity contribution in [1.82, 2.24) is 15.0 Å². The normalized spacial score (nSPS) is 12.4. The maximum absolute atomic E-state index is 10.2. The van der Waals surface area contributed by atoms with Crippen LogP contribution in [-0.2, 0) is 0 Å². The molecule has 0 radical (unpaired) electrons. The third kappa shape index (κ3) is 3.04. The summed E-state index contributed by atoms with van der Waals surface area (Å²) in [6, 6.07) is 19.1. The highest BCUT2D eigenvalue weighted by Gasteiger charge is 2.15. The summed E-state index contributed by atoms with van der Waals surface area (Å²) in [4.78, 5) is 1.63. The molecule has 0 aliphatic carbocycles. The van der Waals surface area contributed by atoms with E-state index >= 15 is 0 Å². The van der Waals surface area contributed by atoms with E-state index in [0.29, 0.717) is 10.8 Å². The van der Waals surface area contributed by atoms with Gasteiger partial charge in [-0.15, -0.1) is 10.2 Å². The highest BCUT2D eigenvalue weighted by Crippen LogP contribution is 2.32. The number of halogens is 1. The molecule has 0 saturated heterocycles. The Morgan fingerprint density at radius 2 is 1.73 bits per heavy atom. The molecule has 0 fully saturated rings. The summed E-state index contributed by atoms with van der Waals surface area (Å²) < 4.78 is 0. The first-order chi connectivity index (χ1) is 12.5. The fourth-order valence-corrected chi connectivity index (χ4v) is 3.36. The minimum absolute atomic E-state index is 0.0503. The molecule has 3 aromatic carbocycles. The van der Waals surface area contributed by atoms with Crippen LogP contribution in [0.2, 0.25) is 5.02 Å². The zero-order valence-corrected chi connectivity index (χ0v) is 15.3. The molecule has 26 heavy (non-hydrogen) atoms. The molecule has 0 saturated carbocycles. The number of rotatable bonds is 3. The van der Waals surface area contributed by atoms with Gasteiger partial charge in [0.15, 0.2) is 0 Å². The van der Waals surface area contributed by atoms with Crippen molar-refractivity contribution in [2.75, 3.05) is 0 Å². The Labute approximate surface area is 156 Å². The van der Waals surface area contributed by atoms with E-state index in [-0.39, 0.29) is 5.92 Å². The second-order valence-corrected chi connectivity index (χ2v) is 6.94. The highest BCUT2D eigenvalue weighted by molar-refractivity contribution is 6.31. The van der Waals surface area contributed by atoms with E-state index in [1.165, 1.54) is 0 Å². The largest absolute Gasteiger partial charge is 0.508 e. The number of phenols is 1. The summed E-state index contributed by atoms with van der Waals surface area (Å²) in [5.74, 6) is 0.356. The van der Waals surface area contributed by atoms with Gasteiger partial charge in [-0.05, 0) is 54.4 Å². The number of aromatic nitrogens is 3. The van der Waals surface area contributed by atoms with Crippen LogP contribution in [0.25, 0.3) is 16.7 Å². The Kier molecular flexibility index (Phi) is 4.13. The minimum Gasteiger partial charge on any atom is -0.508 e. The monoisotopic (exact) mass is 363 g/mol. The summed E-state index contributed by atoms with van der Waals surface area (Å²) >= 11 is 6.05. The van der Waals surface area contributed by atoms with E-state index in [4.69, 9.17) is 11.6 Å². The van der Waals surface area contributed by atoms with Crippen LogP contribution in [-0.4, -0.2) is 20.1 Å². The van der Waals surface area contributed by atoms with Crippen LogP contribution in [0.5, 0.6) is 5.75 Å². The summed E-state index contributed by atoms with van der Waals surface area (Å²) in [5.41, 5.74) is 5.55. The van der Waals surface area contributed by atoms with Crippen molar-refractivity contribution >= 4 is 22.6 Å². The van der Waals surface area contributed by atoms with Gasteiger partial charge in [-0.25, -0.2) is 0 Å². The maximum atomic E-state index is 10.2. The van der Waals surface area contributed by atoms with Crippen molar-refractivity contribution in [2.24, 2.45) is 0 Å². The molecule has 1 heterocycles. The van der Waals surface area contributed by atoms with Crippen molar-refractivity contribution < 1.29 is 5.11 Å². The van der Waals surface area contributed by atoms with Crippen LogP contribution >= 0.6 is 11.6 Å². The molecule has 1 unspecified atom stereocenters. The van der Waals surface area contributed by atoms with Gasteiger partial charge in [0.05, 0.1) is 5.69 Å². The first-order valence-electron chi connectivity index (χ1n) is 8.44. The van der Waals surface area contributed by atoms with Crippen LogP contribution in [0.1, 0.15) is 29.5 Å². The van der Waals surface area contributed by atoms with Crippen molar-refractivity contribution in [3.8, 4) is 11.4 Å². The van der Waals surface area contributed by atoms with E-state index in [1.54, 1.807) is 10.9 Å². The Morgan fingerprint density at radius 3 is 2.54 bits per heavy atom. The molecule has 4 rings (SSSR count). The lowest BCUT2D eigenvalue weighted by Crippen LogP contribution is -2.03. The Morgan fingerprint density at radius 1 is 0.962 bits per heavy atom. The summed E-state index contributed by atoms with van der Waals surface area (Å²) in [5, 5.41) is 19.9. The molecular weight excluding hydrogens is 346 g/mol. The minimum atomic E-state index is 0.0503. The predicted octanol–water partition coefficient (Wildman–Crippen LogP) is 5.24. The molecule has 4 nitrogen and oxygen atoms in total. The molecule has 1 atom stereocenters. The van der Waals surface area contributed by atoms with Gasteiger partial charge in [-0.1, -0.05) is 42.8 Å². The molecule has 1 N–H and O–H groups in total. The SMILES string of the molecule is Cc1cc(C(C)c2ccccc2O)cc(-n2nc3ccc(Cl)cc3n2)c1. The standard InChI is InChI=1S/C21H18ClN3O/c1-13-9-15(14(2)18-5-3-4-6-21(18)26)11-17(10-13)25-23-19-8-7-16(22)12-20(19)24-25/h3-12,14,26H,1-2H3. The third-order valence-corrected chi connectivity index (χ3v) is 4.80. The second kappa shape index (κ2) is 6.46. The van der Waals surface area contributed by atoms with Gasteiger partial charge >= 0.3 is 0 Å². The number of para-hydroxylation sites is 1. The van der Waals surface area contributed by atoms with E-state index in [9.17, 15) is 5.11 Å². The first-order valence-corrected chi connectivity index (χ1v) is 8.81. The summed E-state index contributed by atoms with van der Waals surface area (Å²) in [6.45, 7) is 4.13. The maximum Gasteiger partial charge on any atom is 0.119 e. The summed E-state index contributed by atoms with van der Waals surface area (Å²) in [6.07, 6.45) is 0. The number of hydrogen-bond donors (Lipinski definition) is 1. The summed E-state index contributed by atoms with van der Waals surface area (Å²) in [7, 11) is 0. The number of aromatic hydroxyl groups is 1. The van der Waals surface area contributed by atoms with Crippen LogP contribution in [0.15, 0.2) is 60.7 Å². The van der Waals surface area contributed by atoms with Gasteiger partial charge in [-0.2, -0.15) is 4.80 Å². The van der Waals surface area contributed by atoms with E-state index in [2.05, 4.69) is 29.3 Å². The molecule has 0 amide bonds. The lowest BCUT2D eigenvalue weighted by molar-refractivity contribution is 0.466. The van der Waals surface area contributed by atoms with Crippen molar-refractivity contribution in [3.05, 3.63) is 82.4 Å². The van der Waals surface area contributed by atoms with Gasteiger partial charge in [0.25, 0.3) is 0 Å². The van der Waals surface area contributed by atoms with Gasteiger partial charge in [0.2, 0.25) is 0 Å². The van der Waals surface area contributed by atoms with Gasteiger partial charge in [0, 0.05) is 16.5 Å². The number of aryl methyl sites for hydroxylation is 1. The van der Waals surface area contributed by atoms with Crippen LogP contribution in [0, 0.1) is 6.92 Å². The number of nitrogens with zero attached hydrogens (tertiary/aromatic N) is 3. The van der Waals surface area contributed by atoms with Gasteiger partial charge in [0.1, 0.15) is 16.8 Å². The molecule has 0 bridgehead atoms. The lowest BCUT2D eigenvalue weighted by Gasteiger charge is -2.16. The zero-order chi connectivity index (χ0) is 18.3. The number of phenolic OH excluding ortho intramolecular Hbond substituents is 1. The highest BCUT2D eigenvalue weighted by atomic mass is 35.5. The van der Waals surface area contributed by atoms with Gasteiger partial charge < -0.3 is 5.11 Å². The molecule has 5 heteroatoms. The quantitative estimate of drug-likeness (QED) is 0.541. The van der Waals surface area contributed by atoms with E-state index < -0.39 is 0 Å². The molecule has 130 valence electrons. The third-order valence-electron chi connectivity index (χ3n) is 4.56. The fraction of sp³-hybridized carbons (Fsp3) is 0.143. The Balaban J connectivity index is 1.79. The molecule has 0 aliphatic rings. The zero-order valence-electron chi connectivity index (χ0n) is 14.5. The molecule has 0 spiro atoms. The molecule has 1 aromatic heterocycles. The molecule has 4 aromatic rings. The van der Waals surface area contributed by atoms with Crippen molar-refractivity contribution in [3.63, 3.8) is 0 Å². The lowest BCUT2D eigenvalue weighted by atomic mass is 9.91. The topological polar surface area (TPSA) is 50.9 Å². The predicted molar refractivity (Wildman–Crippen MR) is 104 cm³/mol. The van der Waals surface area contributed by atoms with E-state index in [0.717, 1.165) is 33.4 Å². The smallest absolute Gasteiger partial charge is 0.119 e. The molecular formula is C21H18ClN3O. The number of hydrogen-bond acceptors (Lipinski definition) is 3. The Bertz CT molecular complexity index is 1100.